The summed E-state index contributed by atoms with van der Waals surface area (Å²) >= 11 is 0. The van der Waals surface area contributed by atoms with Gasteiger partial charge in [0.1, 0.15) is 11.6 Å². The monoisotopic (exact) mass is 368 g/mol. The van der Waals surface area contributed by atoms with E-state index in [0.717, 1.165) is 0 Å². The van der Waals surface area contributed by atoms with Crippen LogP contribution in [0.4, 0.5) is 13.2 Å². The van der Waals surface area contributed by atoms with Crippen molar-refractivity contribution in [2.24, 2.45) is 5.92 Å². The Labute approximate surface area is 148 Å². The van der Waals surface area contributed by atoms with Gasteiger partial charge in [-0.25, -0.2) is 0 Å². The molecule has 1 N–H and O–H groups in total. The second kappa shape index (κ2) is 7.35. The van der Waals surface area contributed by atoms with Crippen LogP contribution in [0.5, 0.6) is 5.75 Å². The lowest BCUT2D eigenvalue weighted by Crippen LogP contribution is -2.37. The van der Waals surface area contributed by atoms with Crippen LogP contribution in [0.2, 0.25) is 0 Å². The van der Waals surface area contributed by atoms with E-state index in [9.17, 15) is 18.0 Å². The highest BCUT2D eigenvalue weighted by Gasteiger charge is 2.42. The Morgan fingerprint density at radius 1 is 1.35 bits per heavy atom. The van der Waals surface area contributed by atoms with Gasteiger partial charge in [-0.05, 0) is 25.5 Å². The molecule has 26 heavy (non-hydrogen) atoms. The minimum absolute atomic E-state index is 0.0109. The first-order chi connectivity index (χ1) is 12.3. The summed E-state index contributed by atoms with van der Waals surface area (Å²) in [7, 11) is 0. The average Bonchev–Trinajstić information content (AvgIpc) is 3.02. The molecule has 0 saturated carbocycles. The molecule has 2 heterocycles. The standard InChI is InChI=1S/C17H19F3N4O2/c1-11(26-13-5-3-2-4-6-13)16(25)21-10-15-23-22-14-9-12(17(18,19)20)7-8-24(14)15/h2-6,11-12H,7-10H2,1H3,(H,21,25)/t11-,12-/m1/s1. The van der Waals surface area contributed by atoms with Crippen molar-refractivity contribution in [2.75, 3.05) is 0 Å². The molecule has 1 aliphatic heterocycles. The van der Waals surface area contributed by atoms with Crippen LogP contribution in [0.1, 0.15) is 25.0 Å². The topological polar surface area (TPSA) is 69.0 Å². The van der Waals surface area contributed by atoms with E-state index in [1.54, 1.807) is 35.8 Å². The summed E-state index contributed by atoms with van der Waals surface area (Å²) in [6.07, 6.45) is -5.13. The lowest BCUT2D eigenvalue weighted by molar-refractivity contribution is -0.179. The first-order valence-corrected chi connectivity index (χ1v) is 8.31. The molecule has 9 heteroatoms. The third kappa shape index (κ3) is 4.14. The number of hydrogen-bond acceptors (Lipinski definition) is 4. The number of rotatable bonds is 5. The number of carbonyl (C=O) groups is 1. The first kappa shape index (κ1) is 18.2. The number of nitrogens with one attached hydrogen (secondary N) is 1. The Bertz CT molecular complexity index is 761. The van der Waals surface area contributed by atoms with Gasteiger partial charge >= 0.3 is 6.18 Å². The largest absolute Gasteiger partial charge is 0.481 e. The van der Waals surface area contributed by atoms with Gasteiger partial charge in [-0.1, -0.05) is 18.2 Å². The molecule has 1 aromatic heterocycles. The fourth-order valence-electron chi connectivity index (χ4n) is 2.87. The van der Waals surface area contributed by atoms with Crippen molar-refractivity contribution < 1.29 is 22.7 Å². The minimum atomic E-state index is -4.23. The fraction of sp³-hybridized carbons (Fsp3) is 0.471. The van der Waals surface area contributed by atoms with Gasteiger partial charge in [0.05, 0.1) is 12.5 Å². The molecule has 1 aromatic carbocycles. The van der Waals surface area contributed by atoms with Gasteiger partial charge in [0, 0.05) is 13.0 Å². The van der Waals surface area contributed by atoms with E-state index < -0.39 is 18.2 Å². The van der Waals surface area contributed by atoms with E-state index in [-0.39, 0.29) is 31.8 Å². The average molecular weight is 368 g/mol. The number of hydrogen-bond donors (Lipinski definition) is 1. The Balaban J connectivity index is 1.56. The molecule has 0 unspecified atom stereocenters. The summed E-state index contributed by atoms with van der Waals surface area (Å²) in [6.45, 7) is 1.90. The molecule has 1 amide bonds. The second-order valence-electron chi connectivity index (χ2n) is 6.21. The molecule has 0 aliphatic carbocycles. The van der Waals surface area contributed by atoms with Crippen molar-refractivity contribution in [3.63, 3.8) is 0 Å². The summed E-state index contributed by atoms with van der Waals surface area (Å²) in [5.74, 6) is -0.401. The zero-order valence-electron chi connectivity index (χ0n) is 14.2. The molecule has 3 rings (SSSR count). The Morgan fingerprint density at radius 3 is 2.77 bits per heavy atom. The second-order valence-corrected chi connectivity index (χ2v) is 6.21. The van der Waals surface area contributed by atoms with Crippen LogP contribution < -0.4 is 10.1 Å². The third-order valence-corrected chi connectivity index (χ3v) is 4.34. The predicted octanol–water partition coefficient (Wildman–Crippen LogP) is 2.49. The van der Waals surface area contributed by atoms with Gasteiger partial charge in [0.15, 0.2) is 11.9 Å². The van der Waals surface area contributed by atoms with Crippen molar-refractivity contribution in [3.8, 4) is 5.75 Å². The summed E-state index contributed by atoms with van der Waals surface area (Å²) in [6, 6.07) is 8.94. The zero-order chi connectivity index (χ0) is 18.7. The smallest absolute Gasteiger partial charge is 0.392 e. The Hall–Kier alpha value is -2.58. The Kier molecular flexibility index (Phi) is 5.15. The molecule has 6 nitrogen and oxygen atoms in total. The number of benzene rings is 1. The maximum atomic E-state index is 12.8. The third-order valence-electron chi connectivity index (χ3n) is 4.34. The van der Waals surface area contributed by atoms with Crippen LogP contribution in [0, 0.1) is 5.92 Å². The molecule has 140 valence electrons. The van der Waals surface area contributed by atoms with E-state index in [1.807, 2.05) is 6.07 Å². The number of ether oxygens (including phenoxy) is 1. The summed E-state index contributed by atoms with van der Waals surface area (Å²) in [4.78, 5) is 12.2. The van der Waals surface area contributed by atoms with Crippen molar-refractivity contribution in [3.05, 3.63) is 42.0 Å². The number of alkyl halides is 3. The molecule has 0 radical (unpaired) electrons. The number of halogens is 3. The summed E-state index contributed by atoms with van der Waals surface area (Å²) in [5.41, 5.74) is 0. The van der Waals surface area contributed by atoms with Gasteiger partial charge in [0.25, 0.3) is 5.91 Å². The van der Waals surface area contributed by atoms with Crippen molar-refractivity contribution in [1.82, 2.24) is 20.1 Å². The van der Waals surface area contributed by atoms with Crippen LogP contribution in [-0.4, -0.2) is 33.0 Å². The fourth-order valence-corrected chi connectivity index (χ4v) is 2.87. The maximum absolute atomic E-state index is 12.8. The molecule has 0 saturated heterocycles. The first-order valence-electron chi connectivity index (χ1n) is 8.31. The van der Waals surface area contributed by atoms with Crippen LogP contribution in [0.3, 0.4) is 0 Å². The van der Waals surface area contributed by atoms with E-state index in [0.29, 0.717) is 17.4 Å². The van der Waals surface area contributed by atoms with E-state index >= 15 is 0 Å². The zero-order valence-corrected chi connectivity index (χ0v) is 14.2. The van der Waals surface area contributed by atoms with Crippen molar-refractivity contribution >= 4 is 5.91 Å². The number of fused-ring (bicyclic) bond motifs is 1. The van der Waals surface area contributed by atoms with Gasteiger partial charge in [-0.15, -0.1) is 10.2 Å². The predicted molar refractivity (Wildman–Crippen MR) is 86.3 cm³/mol. The molecular weight excluding hydrogens is 349 g/mol. The van der Waals surface area contributed by atoms with Crippen molar-refractivity contribution in [2.45, 2.75) is 45.1 Å². The summed E-state index contributed by atoms with van der Waals surface area (Å²) in [5, 5.41) is 10.4. The molecule has 0 fully saturated rings. The number of carbonyl (C=O) groups excluding carboxylic acids is 1. The minimum Gasteiger partial charge on any atom is -0.481 e. The molecule has 1 aliphatic rings. The van der Waals surface area contributed by atoms with Crippen LogP contribution >= 0.6 is 0 Å². The number of nitrogens with zero attached hydrogens (tertiary/aromatic N) is 3. The number of aromatic nitrogens is 3. The van der Waals surface area contributed by atoms with Crippen LogP contribution in [-0.2, 0) is 24.3 Å². The van der Waals surface area contributed by atoms with Gasteiger partial charge in [-0.2, -0.15) is 13.2 Å². The highest BCUT2D eigenvalue weighted by molar-refractivity contribution is 5.80. The highest BCUT2D eigenvalue weighted by atomic mass is 19.4. The molecular formula is C17H19F3N4O2. The maximum Gasteiger partial charge on any atom is 0.392 e. The SMILES string of the molecule is C[C@@H](Oc1ccccc1)C(=O)NCc1nnc2n1CC[C@@H](C(F)(F)F)C2. The molecule has 0 spiro atoms. The van der Waals surface area contributed by atoms with Gasteiger partial charge in [0.2, 0.25) is 0 Å². The van der Waals surface area contributed by atoms with E-state index in [4.69, 9.17) is 4.74 Å². The van der Waals surface area contributed by atoms with E-state index in [1.165, 1.54) is 0 Å². The number of amides is 1. The number of para-hydroxylation sites is 1. The molecule has 0 bridgehead atoms. The normalized spacial score (nSPS) is 18.1. The van der Waals surface area contributed by atoms with Crippen LogP contribution in [0.25, 0.3) is 0 Å². The highest BCUT2D eigenvalue weighted by Crippen LogP contribution is 2.34. The quantitative estimate of drug-likeness (QED) is 0.880. The van der Waals surface area contributed by atoms with Gasteiger partial charge in [-0.3, -0.25) is 4.79 Å². The van der Waals surface area contributed by atoms with E-state index in [2.05, 4.69) is 15.5 Å². The Morgan fingerprint density at radius 2 is 2.08 bits per heavy atom. The van der Waals surface area contributed by atoms with Crippen molar-refractivity contribution in [1.29, 1.82) is 0 Å². The van der Waals surface area contributed by atoms with Crippen LogP contribution in [0.15, 0.2) is 30.3 Å². The summed E-state index contributed by atoms with van der Waals surface area (Å²) < 4.78 is 45.7. The lowest BCUT2D eigenvalue weighted by atomic mass is 9.97. The lowest BCUT2D eigenvalue weighted by Gasteiger charge is -2.25. The molecule has 2 aromatic rings. The van der Waals surface area contributed by atoms with Gasteiger partial charge < -0.3 is 14.6 Å². The molecule has 2 atom stereocenters.